The predicted molar refractivity (Wildman–Crippen MR) is 72.0 cm³/mol. The van der Waals surface area contributed by atoms with Crippen molar-refractivity contribution in [3.05, 3.63) is 24.3 Å². The van der Waals surface area contributed by atoms with E-state index < -0.39 is 10.8 Å². The van der Waals surface area contributed by atoms with Crippen molar-refractivity contribution in [2.24, 2.45) is 0 Å². The van der Waals surface area contributed by atoms with Crippen LogP contribution in [0.15, 0.2) is 29.2 Å². The molecule has 0 fully saturated rings. The van der Waals surface area contributed by atoms with Crippen LogP contribution in [0.3, 0.4) is 0 Å². The molecular weight excluding hydrogens is 234 g/mol. The van der Waals surface area contributed by atoms with Crippen LogP contribution in [-0.2, 0) is 10.8 Å². The maximum Gasteiger partial charge on any atom is 0.120 e. The molecule has 0 spiro atoms. The zero-order chi connectivity index (χ0) is 12.7. The standard InChI is InChI=1S/C13H21NO2S/c1-11(2)14-8-5-9-17(15)13-7-4-6-12(10-13)16-3/h4,6-7,10-11,14H,5,8-9H2,1-3H3. The van der Waals surface area contributed by atoms with E-state index in [0.29, 0.717) is 11.8 Å². The van der Waals surface area contributed by atoms with Crippen molar-refractivity contribution in [1.29, 1.82) is 0 Å². The van der Waals surface area contributed by atoms with Crippen molar-refractivity contribution in [2.75, 3.05) is 19.4 Å². The van der Waals surface area contributed by atoms with Gasteiger partial charge in [0, 0.05) is 16.7 Å². The summed E-state index contributed by atoms with van der Waals surface area (Å²) < 4.78 is 17.1. The quantitative estimate of drug-likeness (QED) is 0.759. The minimum absolute atomic E-state index is 0.486. The normalized spacial score (nSPS) is 12.7. The molecular formula is C13H21NO2S. The first-order valence-electron chi connectivity index (χ1n) is 5.89. The summed E-state index contributed by atoms with van der Waals surface area (Å²) in [5.74, 6) is 1.45. The Hall–Kier alpha value is -0.870. The van der Waals surface area contributed by atoms with Crippen LogP contribution in [-0.4, -0.2) is 29.7 Å². The summed E-state index contributed by atoms with van der Waals surface area (Å²) in [6.45, 7) is 5.13. The molecule has 3 nitrogen and oxygen atoms in total. The summed E-state index contributed by atoms with van der Waals surface area (Å²) in [5.41, 5.74) is 0. The van der Waals surface area contributed by atoms with E-state index in [1.807, 2.05) is 24.3 Å². The van der Waals surface area contributed by atoms with Crippen LogP contribution < -0.4 is 10.1 Å². The molecule has 1 atom stereocenters. The molecule has 4 heteroatoms. The average Bonchev–Trinajstić information content (AvgIpc) is 2.34. The molecule has 0 heterocycles. The van der Waals surface area contributed by atoms with E-state index in [-0.39, 0.29) is 0 Å². The van der Waals surface area contributed by atoms with Gasteiger partial charge in [-0.3, -0.25) is 4.21 Å². The van der Waals surface area contributed by atoms with E-state index in [0.717, 1.165) is 23.6 Å². The van der Waals surface area contributed by atoms with Gasteiger partial charge in [0.2, 0.25) is 0 Å². The third-order valence-electron chi connectivity index (χ3n) is 2.36. The third-order valence-corrected chi connectivity index (χ3v) is 3.80. The van der Waals surface area contributed by atoms with Crippen LogP contribution >= 0.6 is 0 Å². The van der Waals surface area contributed by atoms with E-state index in [4.69, 9.17) is 4.74 Å². The lowest BCUT2D eigenvalue weighted by atomic mass is 10.3. The van der Waals surface area contributed by atoms with Crippen molar-refractivity contribution < 1.29 is 8.95 Å². The summed E-state index contributed by atoms with van der Waals surface area (Å²) >= 11 is 0. The van der Waals surface area contributed by atoms with Crippen molar-refractivity contribution in [1.82, 2.24) is 5.32 Å². The van der Waals surface area contributed by atoms with Gasteiger partial charge in [0.05, 0.1) is 17.9 Å². The van der Waals surface area contributed by atoms with E-state index in [1.54, 1.807) is 7.11 Å². The Labute approximate surface area is 106 Å². The fraction of sp³-hybridized carbons (Fsp3) is 0.538. The number of hydrogen-bond acceptors (Lipinski definition) is 3. The van der Waals surface area contributed by atoms with Crippen LogP contribution in [0.25, 0.3) is 0 Å². The largest absolute Gasteiger partial charge is 0.497 e. The molecule has 0 radical (unpaired) electrons. The van der Waals surface area contributed by atoms with Gasteiger partial charge in [-0.25, -0.2) is 0 Å². The first kappa shape index (κ1) is 14.2. The molecule has 1 rings (SSSR count). The van der Waals surface area contributed by atoms with Crippen LogP contribution in [0.4, 0.5) is 0 Å². The molecule has 1 unspecified atom stereocenters. The molecule has 96 valence electrons. The summed E-state index contributed by atoms with van der Waals surface area (Å²) in [6, 6.07) is 7.94. The lowest BCUT2D eigenvalue weighted by molar-refractivity contribution is 0.413. The fourth-order valence-corrected chi connectivity index (χ4v) is 2.57. The highest BCUT2D eigenvalue weighted by Gasteiger charge is 2.04. The maximum atomic E-state index is 12.0. The average molecular weight is 255 g/mol. The highest BCUT2D eigenvalue weighted by molar-refractivity contribution is 7.85. The third kappa shape index (κ3) is 5.33. The molecule has 0 saturated heterocycles. The van der Waals surface area contributed by atoms with E-state index in [1.165, 1.54) is 0 Å². The molecule has 0 amide bonds. The number of methoxy groups -OCH3 is 1. The van der Waals surface area contributed by atoms with Crippen LogP contribution in [0.5, 0.6) is 5.75 Å². The lowest BCUT2D eigenvalue weighted by Crippen LogP contribution is -2.24. The zero-order valence-electron chi connectivity index (χ0n) is 10.7. The van der Waals surface area contributed by atoms with Gasteiger partial charge in [-0.15, -0.1) is 0 Å². The SMILES string of the molecule is COc1cccc(S(=O)CCCNC(C)C)c1. The van der Waals surface area contributed by atoms with Crippen molar-refractivity contribution in [3.8, 4) is 5.75 Å². The Balaban J connectivity index is 2.41. The molecule has 0 aliphatic heterocycles. The maximum absolute atomic E-state index is 12.0. The monoisotopic (exact) mass is 255 g/mol. The van der Waals surface area contributed by atoms with Crippen molar-refractivity contribution in [3.63, 3.8) is 0 Å². The molecule has 0 bridgehead atoms. The molecule has 0 aromatic heterocycles. The van der Waals surface area contributed by atoms with Crippen LogP contribution in [0, 0.1) is 0 Å². The van der Waals surface area contributed by atoms with Gasteiger partial charge in [0.15, 0.2) is 0 Å². The minimum atomic E-state index is -0.930. The van der Waals surface area contributed by atoms with Crippen molar-refractivity contribution in [2.45, 2.75) is 31.2 Å². The second kappa shape index (κ2) is 7.45. The minimum Gasteiger partial charge on any atom is -0.497 e. The molecule has 1 aromatic rings. The summed E-state index contributed by atoms with van der Waals surface area (Å²) in [6.07, 6.45) is 0.919. The fourth-order valence-electron chi connectivity index (χ4n) is 1.45. The van der Waals surface area contributed by atoms with Gasteiger partial charge >= 0.3 is 0 Å². The first-order chi connectivity index (χ1) is 8.13. The second-order valence-corrected chi connectivity index (χ2v) is 5.76. The summed E-state index contributed by atoms with van der Waals surface area (Å²) in [4.78, 5) is 0.842. The Kier molecular flexibility index (Phi) is 6.22. The Bertz CT molecular complexity index is 366. The van der Waals surface area contributed by atoms with Crippen LogP contribution in [0.2, 0.25) is 0 Å². The molecule has 0 aliphatic carbocycles. The lowest BCUT2D eigenvalue weighted by Gasteiger charge is -2.08. The predicted octanol–water partition coefficient (Wildman–Crippen LogP) is 2.19. The van der Waals surface area contributed by atoms with Gasteiger partial charge in [-0.2, -0.15) is 0 Å². The number of rotatable bonds is 7. The zero-order valence-corrected chi connectivity index (χ0v) is 11.5. The van der Waals surface area contributed by atoms with Gasteiger partial charge in [-0.1, -0.05) is 19.9 Å². The van der Waals surface area contributed by atoms with Gasteiger partial charge in [-0.05, 0) is 31.2 Å². The van der Waals surface area contributed by atoms with E-state index in [9.17, 15) is 4.21 Å². The first-order valence-corrected chi connectivity index (χ1v) is 7.21. The molecule has 0 saturated carbocycles. The molecule has 1 N–H and O–H groups in total. The highest BCUT2D eigenvalue weighted by atomic mass is 32.2. The van der Waals surface area contributed by atoms with Gasteiger partial charge in [0.25, 0.3) is 0 Å². The Morgan fingerprint density at radius 2 is 2.18 bits per heavy atom. The summed E-state index contributed by atoms with van der Waals surface area (Å²) in [7, 11) is 0.690. The Morgan fingerprint density at radius 1 is 1.41 bits per heavy atom. The number of ether oxygens (including phenoxy) is 1. The van der Waals surface area contributed by atoms with Gasteiger partial charge < -0.3 is 10.1 Å². The molecule has 1 aromatic carbocycles. The topological polar surface area (TPSA) is 38.3 Å². The van der Waals surface area contributed by atoms with Crippen LogP contribution in [0.1, 0.15) is 20.3 Å². The van der Waals surface area contributed by atoms with Gasteiger partial charge in [0.1, 0.15) is 5.75 Å². The van der Waals surface area contributed by atoms with E-state index >= 15 is 0 Å². The smallest absolute Gasteiger partial charge is 0.120 e. The number of hydrogen-bond donors (Lipinski definition) is 1. The Morgan fingerprint density at radius 3 is 2.82 bits per heavy atom. The molecule has 0 aliphatic rings. The van der Waals surface area contributed by atoms with E-state index in [2.05, 4.69) is 19.2 Å². The van der Waals surface area contributed by atoms with Crippen molar-refractivity contribution >= 4 is 10.8 Å². The molecule has 17 heavy (non-hydrogen) atoms. The highest BCUT2D eigenvalue weighted by Crippen LogP contribution is 2.16. The summed E-state index contributed by atoms with van der Waals surface area (Å²) in [5, 5.41) is 3.32. The number of benzene rings is 1. The number of nitrogens with one attached hydrogen (secondary N) is 1. The second-order valence-electron chi connectivity index (χ2n) is 4.19.